The number of allylic oxidation sites excluding steroid dienone is 2. The molecule has 0 radical (unpaired) electrons. The molecule has 1 fully saturated rings. The van der Waals surface area contributed by atoms with Crippen molar-refractivity contribution in [2.24, 2.45) is 11.8 Å². The predicted molar refractivity (Wildman–Crippen MR) is 109 cm³/mol. The molecule has 0 heterocycles. The zero-order valence-corrected chi connectivity index (χ0v) is 16.9. The van der Waals surface area contributed by atoms with E-state index in [1.54, 1.807) is 0 Å². The van der Waals surface area contributed by atoms with Gasteiger partial charge in [0.05, 0.1) is 12.7 Å². The van der Waals surface area contributed by atoms with E-state index in [1.807, 2.05) is 18.2 Å². The Bertz CT molecular complexity index is 628. The summed E-state index contributed by atoms with van der Waals surface area (Å²) in [7, 11) is 0. The molecule has 1 aromatic carbocycles. The van der Waals surface area contributed by atoms with Gasteiger partial charge >= 0.3 is 5.97 Å². The van der Waals surface area contributed by atoms with Gasteiger partial charge in [-0.1, -0.05) is 38.1 Å². The van der Waals surface area contributed by atoms with Crippen LogP contribution < -0.4 is 4.74 Å². The van der Waals surface area contributed by atoms with Crippen LogP contribution in [-0.2, 0) is 4.79 Å². The third kappa shape index (κ3) is 6.86. The number of carboxylic acids is 1. The van der Waals surface area contributed by atoms with Crippen molar-refractivity contribution in [1.82, 2.24) is 0 Å². The topological polar surface area (TPSA) is 66.8 Å². The fourth-order valence-corrected chi connectivity index (χ4v) is 4.06. The van der Waals surface area contributed by atoms with Crippen molar-refractivity contribution in [2.45, 2.75) is 63.4 Å². The van der Waals surface area contributed by atoms with Crippen LogP contribution in [0.2, 0.25) is 0 Å². The Morgan fingerprint density at radius 2 is 2.11 bits per heavy atom. The molecule has 150 valence electrons. The largest absolute Gasteiger partial charge is 0.493 e. The van der Waals surface area contributed by atoms with Gasteiger partial charge in [0.15, 0.2) is 0 Å². The van der Waals surface area contributed by atoms with Crippen molar-refractivity contribution in [3.05, 3.63) is 42.0 Å². The average Bonchev–Trinajstić information content (AvgIpc) is 2.89. The number of carboxylic acid groups (broad SMARTS) is 1. The number of hydrogen-bond acceptors (Lipinski definition) is 3. The van der Waals surface area contributed by atoms with Gasteiger partial charge in [0.2, 0.25) is 0 Å². The van der Waals surface area contributed by atoms with Gasteiger partial charge in [-0.2, -0.15) is 0 Å². The van der Waals surface area contributed by atoms with E-state index in [2.05, 4.69) is 32.1 Å². The van der Waals surface area contributed by atoms with Crippen LogP contribution in [0.4, 0.5) is 0 Å². The molecule has 2 rings (SSSR count). The Hall–Kier alpha value is -1.52. The molecule has 0 aromatic heterocycles. The average molecular weight is 395 g/mol. The summed E-state index contributed by atoms with van der Waals surface area (Å²) >= 11 is 6.47. The Labute approximate surface area is 167 Å². The number of halogens is 1. The first-order chi connectivity index (χ1) is 12.9. The molecule has 1 aliphatic carbocycles. The molecule has 0 saturated heterocycles. The van der Waals surface area contributed by atoms with Crippen molar-refractivity contribution in [3.63, 3.8) is 0 Å². The van der Waals surface area contributed by atoms with Crippen molar-refractivity contribution < 1.29 is 19.7 Å². The highest BCUT2D eigenvalue weighted by Gasteiger charge is 2.41. The number of rotatable bonds is 10. The number of hydrogen-bond donors (Lipinski definition) is 2. The number of aliphatic hydroxyl groups excluding tert-OH is 1. The smallest absolute Gasteiger partial charge is 0.303 e. The van der Waals surface area contributed by atoms with Gasteiger partial charge in [-0.3, -0.25) is 4.79 Å². The molecule has 1 saturated carbocycles. The van der Waals surface area contributed by atoms with E-state index in [9.17, 15) is 9.90 Å². The fourth-order valence-electron chi connectivity index (χ4n) is 3.59. The molecule has 1 aliphatic rings. The summed E-state index contributed by atoms with van der Waals surface area (Å²) in [6.45, 7) is 4.75. The van der Waals surface area contributed by atoms with E-state index < -0.39 is 12.1 Å². The maximum Gasteiger partial charge on any atom is 0.303 e. The first kappa shape index (κ1) is 21.8. The molecule has 4 atom stereocenters. The van der Waals surface area contributed by atoms with Gasteiger partial charge in [0.1, 0.15) is 5.75 Å². The number of carbonyl (C=O) groups is 1. The molecule has 1 aromatic rings. The monoisotopic (exact) mass is 394 g/mol. The Balaban J connectivity index is 1.88. The minimum atomic E-state index is -0.762. The number of ether oxygens (including phenoxy) is 1. The summed E-state index contributed by atoms with van der Waals surface area (Å²) in [5.74, 6) is 0.665. The molecular formula is C22H31ClO4. The van der Waals surface area contributed by atoms with Gasteiger partial charge < -0.3 is 14.9 Å². The first-order valence-corrected chi connectivity index (χ1v) is 10.2. The number of alkyl halides is 1. The fraction of sp³-hybridized carbons (Fsp3) is 0.591. The van der Waals surface area contributed by atoms with E-state index in [1.165, 1.54) is 5.56 Å². The number of aliphatic hydroxyl groups is 1. The second kappa shape index (κ2) is 10.7. The third-order valence-electron chi connectivity index (χ3n) is 5.28. The van der Waals surface area contributed by atoms with Crippen LogP contribution in [0.5, 0.6) is 5.75 Å². The Kier molecular flexibility index (Phi) is 8.65. The zero-order valence-electron chi connectivity index (χ0n) is 16.2. The molecule has 0 bridgehead atoms. The van der Waals surface area contributed by atoms with Crippen LogP contribution in [-0.4, -0.2) is 34.3 Å². The summed E-state index contributed by atoms with van der Waals surface area (Å²) in [6, 6.07) is 8.09. The summed E-state index contributed by atoms with van der Waals surface area (Å²) in [5, 5.41) is 19.0. The lowest BCUT2D eigenvalue weighted by atomic mass is 9.92. The lowest BCUT2D eigenvalue weighted by Crippen LogP contribution is -2.27. The highest BCUT2D eigenvalue weighted by Crippen LogP contribution is 2.39. The van der Waals surface area contributed by atoms with Crippen molar-refractivity contribution in [2.75, 3.05) is 6.61 Å². The van der Waals surface area contributed by atoms with Gasteiger partial charge in [0.25, 0.3) is 0 Å². The van der Waals surface area contributed by atoms with Crippen molar-refractivity contribution in [1.29, 1.82) is 0 Å². The number of benzene rings is 1. The minimum absolute atomic E-state index is 0.00104. The van der Waals surface area contributed by atoms with Crippen LogP contribution in [0, 0.1) is 11.8 Å². The van der Waals surface area contributed by atoms with Crippen molar-refractivity contribution in [3.8, 4) is 5.75 Å². The second-order valence-electron chi connectivity index (χ2n) is 7.68. The van der Waals surface area contributed by atoms with Crippen LogP contribution in [0.3, 0.4) is 0 Å². The minimum Gasteiger partial charge on any atom is -0.493 e. The number of unbranched alkanes of at least 4 members (excludes halogenated alkanes) is 1. The molecule has 4 nitrogen and oxygen atoms in total. The van der Waals surface area contributed by atoms with Gasteiger partial charge in [-0.15, -0.1) is 11.6 Å². The summed E-state index contributed by atoms with van der Waals surface area (Å²) in [6.07, 6.45) is 6.56. The SMILES string of the molecule is CC(C)c1cccc(OC[C@@H]2[C@@H](C/C=C\CCCC(=O)O)[C@@H](Cl)C[C@H]2O)c1. The van der Waals surface area contributed by atoms with E-state index in [0.29, 0.717) is 25.4 Å². The molecule has 0 spiro atoms. The predicted octanol–water partition coefficient (Wildman–Crippen LogP) is 4.99. The number of aliphatic carboxylic acids is 1. The molecule has 2 N–H and O–H groups in total. The van der Waals surface area contributed by atoms with Gasteiger partial charge in [0, 0.05) is 17.7 Å². The lowest BCUT2D eigenvalue weighted by Gasteiger charge is -2.23. The summed E-state index contributed by atoms with van der Waals surface area (Å²) in [4.78, 5) is 10.5. The highest BCUT2D eigenvalue weighted by atomic mass is 35.5. The zero-order chi connectivity index (χ0) is 19.8. The second-order valence-corrected chi connectivity index (χ2v) is 8.24. The van der Waals surface area contributed by atoms with E-state index >= 15 is 0 Å². The third-order valence-corrected chi connectivity index (χ3v) is 5.78. The first-order valence-electron chi connectivity index (χ1n) is 9.80. The molecule has 0 aliphatic heterocycles. The van der Waals surface area contributed by atoms with Gasteiger partial charge in [-0.05, 0) is 55.2 Å². The normalized spacial score (nSPS) is 25.4. The van der Waals surface area contributed by atoms with Crippen LogP contribution >= 0.6 is 11.6 Å². The van der Waals surface area contributed by atoms with Crippen LogP contribution in [0.1, 0.15) is 57.4 Å². The summed E-state index contributed by atoms with van der Waals surface area (Å²) in [5.41, 5.74) is 1.23. The summed E-state index contributed by atoms with van der Waals surface area (Å²) < 4.78 is 5.99. The Morgan fingerprint density at radius 1 is 1.33 bits per heavy atom. The quantitative estimate of drug-likeness (QED) is 0.333. The van der Waals surface area contributed by atoms with E-state index in [0.717, 1.165) is 18.6 Å². The maximum absolute atomic E-state index is 10.5. The molecule has 27 heavy (non-hydrogen) atoms. The van der Waals surface area contributed by atoms with Crippen molar-refractivity contribution >= 4 is 17.6 Å². The highest BCUT2D eigenvalue weighted by molar-refractivity contribution is 6.21. The van der Waals surface area contributed by atoms with Crippen LogP contribution in [0.15, 0.2) is 36.4 Å². The van der Waals surface area contributed by atoms with E-state index in [4.69, 9.17) is 21.4 Å². The lowest BCUT2D eigenvalue weighted by molar-refractivity contribution is -0.137. The van der Waals surface area contributed by atoms with Gasteiger partial charge in [-0.25, -0.2) is 0 Å². The van der Waals surface area contributed by atoms with Crippen LogP contribution in [0.25, 0.3) is 0 Å². The Morgan fingerprint density at radius 3 is 2.81 bits per heavy atom. The molecule has 0 amide bonds. The standard InChI is InChI=1S/C22H31ClO4/c1-15(2)16-8-7-9-17(12-16)27-14-19-18(20(23)13-21(19)24)10-5-3-4-6-11-22(25)26/h3,5,7-9,12,15,18-21,24H,4,6,10-11,13-14H2,1-2H3,(H,25,26)/b5-3-/t18-,19-,20+,21-/m1/s1. The molecule has 5 heteroatoms. The van der Waals surface area contributed by atoms with E-state index in [-0.39, 0.29) is 23.6 Å². The molecule has 0 unspecified atom stereocenters. The maximum atomic E-state index is 10.5. The molecular weight excluding hydrogens is 364 g/mol.